The van der Waals surface area contributed by atoms with E-state index < -0.39 is 0 Å². The summed E-state index contributed by atoms with van der Waals surface area (Å²) in [6.45, 7) is 5.01. The molecule has 1 amide bonds. The van der Waals surface area contributed by atoms with Gasteiger partial charge in [-0.3, -0.25) is 4.79 Å². The lowest BCUT2D eigenvalue weighted by Gasteiger charge is -2.30. The van der Waals surface area contributed by atoms with Crippen molar-refractivity contribution in [2.24, 2.45) is 5.92 Å². The summed E-state index contributed by atoms with van der Waals surface area (Å²) in [6, 6.07) is 5.74. The van der Waals surface area contributed by atoms with Gasteiger partial charge in [0.25, 0.3) is 0 Å². The van der Waals surface area contributed by atoms with Gasteiger partial charge < -0.3 is 9.64 Å². The van der Waals surface area contributed by atoms with Gasteiger partial charge in [-0.2, -0.15) is 0 Å². The molecule has 3 nitrogen and oxygen atoms in total. The lowest BCUT2D eigenvalue weighted by Crippen LogP contribution is -2.40. The van der Waals surface area contributed by atoms with Crippen molar-refractivity contribution < 1.29 is 9.53 Å². The highest BCUT2D eigenvalue weighted by atomic mass is 79.9. The molecule has 0 radical (unpaired) electrons. The highest BCUT2D eigenvalue weighted by Crippen LogP contribution is 2.34. The van der Waals surface area contributed by atoms with Crippen LogP contribution in [0, 0.1) is 5.92 Å². The summed E-state index contributed by atoms with van der Waals surface area (Å²) in [4.78, 5) is 13.8. The maximum Gasteiger partial charge on any atom is 0.229 e. The van der Waals surface area contributed by atoms with E-state index in [1.165, 1.54) is 0 Å². The number of hydrogen-bond acceptors (Lipinski definition) is 2. The van der Waals surface area contributed by atoms with Crippen molar-refractivity contribution in [1.82, 2.24) is 0 Å². The maximum absolute atomic E-state index is 12.0. The molecular weight excluding hydrogens is 270 g/mol. The second kappa shape index (κ2) is 4.45. The van der Waals surface area contributed by atoms with Gasteiger partial charge >= 0.3 is 0 Å². The number of carbonyl (C=O) groups is 1. The number of halogens is 1. The first kappa shape index (κ1) is 11.5. The number of anilines is 1. The van der Waals surface area contributed by atoms with E-state index in [1.807, 2.05) is 32.0 Å². The molecule has 0 atom stereocenters. The molecule has 0 aromatic heterocycles. The van der Waals surface area contributed by atoms with Gasteiger partial charge in [0, 0.05) is 10.4 Å². The Labute approximate surface area is 104 Å². The third-order valence-electron chi connectivity index (χ3n) is 2.55. The van der Waals surface area contributed by atoms with E-state index in [0.717, 1.165) is 15.9 Å². The second-order valence-corrected chi connectivity index (χ2v) is 5.02. The summed E-state index contributed by atoms with van der Waals surface area (Å²) < 4.78 is 6.50. The van der Waals surface area contributed by atoms with Crippen molar-refractivity contribution >= 4 is 27.5 Å². The molecule has 2 rings (SSSR count). The van der Waals surface area contributed by atoms with E-state index in [4.69, 9.17) is 4.74 Å². The molecule has 0 saturated heterocycles. The first-order valence-corrected chi connectivity index (χ1v) is 6.12. The zero-order chi connectivity index (χ0) is 11.7. The van der Waals surface area contributed by atoms with E-state index in [1.54, 1.807) is 4.90 Å². The van der Waals surface area contributed by atoms with Crippen molar-refractivity contribution in [3.05, 3.63) is 22.7 Å². The largest absolute Gasteiger partial charge is 0.489 e. The minimum absolute atomic E-state index is 0.00889. The van der Waals surface area contributed by atoms with Crippen LogP contribution in [-0.2, 0) is 4.79 Å². The van der Waals surface area contributed by atoms with Crippen molar-refractivity contribution in [2.75, 3.05) is 18.1 Å². The molecule has 1 aromatic carbocycles. The molecule has 0 saturated carbocycles. The van der Waals surface area contributed by atoms with Crippen LogP contribution in [0.5, 0.6) is 5.75 Å². The van der Waals surface area contributed by atoms with E-state index in [0.29, 0.717) is 13.2 Å². The van der Waals surface area contributed by atoms with Crippen molar-refractivity contribution in [3.63, 3.8) is 0 Å². The van der Waals surface area contributed by atoms with Crippen molar-refractivity contribution in [3.8, 4) is 5.75 Å². The van der Waals surface area contributed by atoms with Crippen LogP contribution in [0.2, 0.25) is 0 Å². The highest BCUT2D eigenvalue weighted by Gasteiger charge is 2.25. The number of amides is 1. The topological polar surface area (TPSA) is 29.5 Å². The van der Waals surface area contributed by atoms with Crippen molar-refractivity contribution in [1.29, 1.82) is 0 Å². The van der Waals surface area contributed by atoms with Crippen LogP contribution in [0.25, 0.3) is 0 Å². The van der Waals surface area contributed by atoms with Crippen LogP contribution < -0.4 is 9.64 Å². The third-order valence-corrected chi connectivity index (χ3v) is 3.04. The van der Waals surface area contributed by atoms with Gasteiger partial charge in [-0.15, -0.1) is 0 Å². The standard InChI is InChI=1S/C12H14BrNO2/c1-8(2)12(15)14-5-6-16-11-7-9(13)3-4-10(11)14/h3-4,7-8H,5-6H2,1-2H3. The number of benzene rings is 1. The Hall–Kier alpha value is -1.03. The Morgan fingerprint density at radius 2 is 2.25 bits per heavy atom. The van der Waals surface area contributed by atoms with Gasteiger partial charge in [0.15, 0.2) is 0 Å². The molecule has 4 heteroatoms. The van der Waals surface area contributed by atoms with E-state index in [-0.39, 0.29) is 11.8 Å². The molecule has 1 aromatic rings. The van der Waals surface area contributed by atoms with Gasteiger partial charge in [-0.25, -0.2) is 0 Å². The summed E-state index contributed by atoms with van der Waals surface area (Å²) in [5.41, 5.74) is 0.869. The molecule has 0 spiro atoms. The predicted molar refractivity (Wildman–Crippen MR) is 66.8 cm³/mol. The fourth-order valence-electron chi connectivity index (χ4n) is 1.73. The van der Waals surface area contributed by atoms with Crippen LogP contribution in [0.4, 0.5) is 5.69 Å². The minimum Gasteiger partial charge on any atom is -0.489 e. The molecule has 16 heavy (non-hydrogen) atoms. The fourth-order valence-corrected chi connectivity index (χ4v) is 2.07. The number of nitrogens with zero attached hydrogens (tertiary/aromatic N) is 1. The monoisotopic (exact) mass is 283 g/mol. The van der Waals surface area contributed by atoms with Gasteiger partial charge in [0.1, 0.15) is 12.4 Å². The third kappa shape index (κ3) is 2.07. The van der Waals surface area contributed by atoms with Crippen LogP contribution in [0.1, 0.15) is 13.8 Å². The van der Waals surface area contributed by atoms with Gasteiger partial charge in [-0.1, -0.05) is 29.8 Å². The quantitative estimate of drug-likeness (QED) is 0.793. The number of fused-ring (bicyclic) bond motifs is 1. The van der Waals surface area contributed by atoms with Gasteiger partial charge in [0.05, 0.1) is 12.2 Å². The predicted octanol–water partition coefficient (Wildman–Crippen LogP) is 2.83. The van der Waals surface area contributed by atoms with Crippen molar-refractivity contribution in [2.45, 2.75) is 13.8 Å². The molecular formula is C12H14BrNO2. The molecule has 0 fully saturated rings. The highest BCUT2D eigenvalue weighted by molar-refractivity contribution is 9.10. The summed E-state index contributed by atoms with van der Waals surface area (Å²) >= 11 is 3.39. The van der Waals surface area contributed by atoms with E-state index in [9.17, 15) is 4.79 Å². The molecule has 1 aliphatic rings. The normalized spacial score (nSPS) is 14.6. The minimum atomic E-state index is 0.00889. The summed E-state index contributed by atoms with van der Waals surface area (Å²) in [5, 5.41) is 0. The summed E-state index contributed by atoms with van der Waals surface area (Å²) in [7, 11) is 0. The lowest BCUT2D eigenvalue weighted by atomic mass is 10.1. The molecule has 1 aliphatic heterocycles. The Bertz CT molecular complexity index is 417. The second-order valence-electron chi connectivity index (χ2n) is 4.11. The summed E-state index contributed by atoms with van der Waals surface area (Å²) in [6.07, 6.45) is 0. The van der Waals surface area contributed by atoms with Gasteiger partial charge in [0.2, 0.25) is 5.91 Å². The van der Waals surface area contributed by atoms with E-state index in [2.05, 4.69) is 15.9 Å². The molecule has 1 heterocycles. The lowest BCUT2D eigenvalue weighted by molar-refractivity contribution is -0.121. The number of ether oxygens (including phenoxy) is 1. The maximum atomic E-state index is 12.0. The Morgan fingerprint density at radius 1 is 1.50 bits per heavy atom. The molecule has 86 valence electrons. The Kier molecular flexibility index (Phi) is 3.19. The van der Waals surface area contributed by atoms with Crippen LogP contribution in [-0.4, -0.2) is 19.1 Å². The zero-order valence-electron chi connectivity index (χ0n) is 9.37. The van der Waals surface area contributed by atoms with Crippen LogP contribution in [0.15, 0.2) is 22.7 Å². The average Bonchev–Trinajstić information content (AvgIpc) is 2.26. The molecule has 0 bridgehead atoms. The summed E-state index contributed by atoms with van der Waals surface area (Å²) in [5.74, 6) is 0.927. The average molecular weight is 284 g/mol. The number of rotatable bonds is 1. The first-order chi connectivity index (χ1) is 7.59. The fraction of sp³-hybridized carbons (Fsp3) is 0.417. The smallest absolute Gasteiger partial charge is 0.229 e. The SMILES string of the molecule is CC(C)C(=O)N1CCOc2cc(Br)ccc21. The molecule has 0 N–H and O–H groups in total. The van der Waals surface area contributed by atoms with Gasteiger partial charge in [-0.05, 0) is 18.2 Å². The zero-order valence-corrected chi connectivity index (χ0v) is 11.0. The number of hydrogen-bond donors (Lipinski definition) is 0. The van der Waals surface area contributed by atoms with E-state index >= 15 is 0 Å². The first-order valence-electron chi connectivity index (χ1n) is 5.33. The Morgan fingerprint density at radius 3 is 2.94 bits per heavy atom. The molecule has 0 unspecified atom stereocenters. The number of carbonyl (C=O) groups excluding carboxylic acids is 1. The Balaban J connectivity index is 2.37. The molecule has 0 aliphatic carbocycles. The van der Waals surface area contributed by atoms with Crippen LogP contribution in [0.3, 0.4) is 0 Å². The van der Waals surface area contributed by atoms with Crippen LogP contribution >= 0.6 is 15.9 Å².